The number of nitrogens with zero attached hydrogens (tertiary/aromatic N) is 2. The van der Waals surface area contributed by atoms with Crippen molar-refractivity contribution in [2.75, 3.05) is 42.9 Å². The Kier molecular flexibility index (Phi) is 5.58. The number of carbonyl (C=O) groups excluding carboxylic acids is 1. The normalized spacial score (nSPS) is 19.2. The molecule has 1 aromatic carbocycles. The van der Waals surface area contributed by atoms with E-state index in [0.717, 1.165) is 64.1 Å². The summed E-state index contributed by atoms with van der Waals surface area (Å²) in [4.78, 5) is 28.6. The third kappa shape index (κ3) is 4.12. The maximum atomic E-state index is 12.3. The van der Waals surface area contributed by atoms with Crippen LogP contribution in [0.2, 0.25) is 0 Å². The number of carbonyl (C=O) groups is 2. The van der Waals surface area contributed by atoms with E-state index in [0.29, 0.717) is 5.69 Å². The van der Waals surface area contributed by atoms with Crippen LogP contribution in [0.3, 0.4) is 0 Å². The van der Waals surface area contributed by atoms with Gasteiger partial charge in [-0.25, -0.2) is 4.79 Å². The van der Waals surface area contributed by atoms with Crippen LogP contribution in [0.25, 0.3) is 0 Å². The second-order valence-corrected chi connectivity index (χ2v) is 6.93. The van der Waals surface area contributed by atoms with Crippen LogP contribution in [0.4, 0.5) is 11.4 Å². The van der Waals surface area contributed by atoms with Crippen LogP contribution in [0.15, 0.2) is 18.2 Å². The van der Waals surface area contributed by atoms with Crippen LogP contribution in [-0.4, -0.2) is 54.6 Å². The molecule has 0 radical (unpaired) electrons. The average Bonchev–Trinajstić information content (AvgIpc) is 3.17. The smallest absolute Gasteiger partial charge is 0.337 e. The molecule has 2 aliphatic rings. The molecule has 1 saturated heterocycles. The zero-order valence-electron chi connectivity index (χ0n) is 14.8. The van der Waals surface area contributed by atoms with Gasteiger partial charge in [-0.1, -0.05) is 19.8 Å². The molecular weight excluding hydrogens is 318 g/mol. The van der Waals surface area contributed by atoms with E-state index in [1.807, 2.05) is 6.07 Å². The number of carboxylic acids is 1. The van der Waals surface area contributed by atoms with Crippen molar-refractivity contribution >= 4 is 23.3 Å². The van der Waals surface area contributed by atoms with Crippen molar-refractivity contribution in [3.05, 3.63) is 23.8 Å². The van der Waals surface area contributed by atoms with Crippen LogP contribution >= 0.6 is 0 Å². The van der Waals surface area contributed by atoms with Crippen molar-refractivity contribution in [1.82, 2.24) is 4.90 Å². The molecule has 136 valence electrons. The van der Waals surface area contributed by atoms with E-state index < -0.39 is 5.97 Å². The fourth-order valence-electron chi connectivity index (χ4n) is 3.76. The number of carboxylic acid groups (broad SMARTS) is 1. The Balaban J connectivity index is 1.74. The van der Waals surface area contributed by atoms with E-state index in [-0.39, 0.29) is 17.4 Å². The molecular formula is C19H27N3O3. The Bertz CT molecular complexity index is 633. The number of benzene rings is 1. The van der Waals surface area contributed by atoms with Crippen molar-refractivity contribution in [1.29, 1.82) is 0 Å². The molecule has 1 aliphatic carbocycles. The minimum Gasteiger partial charge on any atom is -0.478 e. The summed E-state index contributed by atoms with van der Waals surface area (Å²) in [6.07, 6.45) is 3.95. The van der Waals surface area contributed by atoms with Gasteiger partial charge in [0.05, 0.1) is 11.3 Å². The van der Waals surface area contributed by atoms with Crippen molar-refractivity contribution in [3.63, 3.8) is 0 Å². The molecule has 1 heterocycles. The summed E-state index contributed by atoms with van der Waals surface area (Å²) in [6, 6.07) is 5.34. The summed E-state index contributed by atoms with van der Waals surface area (Å²) < 4.78 is 0. The first-order valence-electron chi connectivity index (χ1n) is 9.24. The largest absolute Gasteiger partial charge is 0.478 e. The van der Waals surface area contributed by atoms with Gasteiger partial charge >= 0.3 is 5.97 Å². The lowest BCUT2D eigenvalue weighted by Crippen LogP contribution is -2.46. The highest BCUT2D eigenvalue weighted by Gasteiger charge is 2.25. The van der Waals surface area contributed by atoms with Gasteiger partial charge in [-0.05, 0) is 37.6 Å². The lowest BCUT2D eigenvalue weighted by molar-refractivity contribution is -0.119. The quantitative estimate of drug-likeness (QED) is 0.858. The number of hydrogen-bond acceptors (Lipinski definition) is 4. The number of piperazine rings is 1. The van der Waals surface area contributed by atoms with Crippen molar-refractivity contribution in [2.24, 2.45) is 5.92 Å². The SMILES string of the molecule is CCN1CCN(c2ccc(NC(=O)C3CCCC3)c(C(=O)O)c2)CC1. The molecule has 3 rings (SSSR count). The van der Waals surface area contributed by atoms with E-state index in [1.54, 1.807) is 12.1 Å². The van der Waals surface area contributed by atoms with E-state index in [2.05, 4.69) is 22.0 Å². The number of nitrogens with one attached hydrogen (secondary N) is 1. The number of rotatable bonds is 5. The van der Waals surface area contributed by atoms with E-state index >= 15 is 0 Å². The Morgan fingerprint density at radius 3 is 2.44 bits per heavy atom. The molecule has 2 N–H and O–H groups in total. The predicted molar refractivity (Wildman–Crippen MR) is 98.3 cm³/mol. The standard InChI is InChI=1S/C19H27N3O3/c1-2-21-9-11-22(12-10-21)15-7-8-17(16(13-15)19(24)25)20-18(23)14-5-3-4-6-14/h7-8,13-14H,2-6,9-12H2,1H3,(H,20,23)(H,24,25). The molecule has 1 saturated carbocycles. The zero-order chi connectivity index (χ0) is 17.8. The summed E-state index contributed by atoms with van der Waals surface area (Å²) in [5, 5.41) is 12.4. The van der Waals surface area contributed by atoms with Gasteiger partial charge in [-0.3, -0.25) is 4.79 Å². The number of likely N-dealkylation sites (N-methyl/N-ethyl adjacent to an activating group) is 1. The van der Waals surface area contributed by atoms with Gasteiger partial charge in [0.25, 0.3) is 0 Å². The summed E-state index contributed by atoms with van der Waals surface area (Å²) in [7, 11) is 0. The Hall–Kier alpha value is -2.08. The molecule has 2 fully saturated rings. The van der Waals surface area contributed by atoms with Gasteiger partial charge in [0.1, 0.15) is 0 Å². The third-order valence-electron chi connectivity index (χ3n) is 5.40. The van der Waals surface area contributed by atoms with E-state index in [1.165, 1.54) is 0 Å². The molecule has 0 unspecified atom stereocenters. The van der Waals surface area contributed by atoms with Crippen LogP contribution in [0, 0.1) is 5.92 Å². The second-order valence-electron chi connectivity index (χ2n) is 6.93. The maximum absolute atomic E-state index is 12.3. The summed E-state index contributed by atoms with van der Waals surface area (Å²) >= 11 is 0. The molecule has 0 atom stereocenters. The van der Waals surface area contributed by atoms with Gasteiger partial charge in [0.15, 0.2) is 0 Å². The monoisotopic (exact) mass is 345 g/mol. The summed E-state index contributed by atoms with van der Waals surface area (Å²) in [5.74, 6) is -1.04. The topological polar surface area (TPSA) is 72.9 Å². The van der Waals surface area contributed by atoms with Gasteiger partial charge in [-0.2, -0.15) is 0 Å². The molecule has 6 nitrogen and oxygen atoms in total. The van der Waals surface area contributed by atoms with Crippen molar-refractivity contribution < 1.29 is 14.7 Å². The Labute approximate surface area is 148 Å². The number of aromatic carboxylic acids is 1. The van der Waals surface area contributed by atoms with Crippen LogP contribution in [0.5, 0.6) is 0 Å². The van der Waals surface area contributed by atoms with Crippen molar-refractivity contribution in [2.45, 2.75) is 32.6 Å². The summed E-state index contributed by atoms with van der Waals surface area (Å²) in [6.45, 7) is 6.94. The second kappa shape index (κ2) is 7.87. The van der Waals surface area contributed by atoms with Crippen LogP contribution in [0.1, 0.15) is 43.0 Å². The van der Waals surface area contributed by atoms with E-state index in [9.17, 15) is 14.7 Å². The Morgan fingerprint density at radius 1 is 1.16 bits per heavy atom. The first-order valence-corrected chi connectivity index (χ1v) is 9.24. The van der Waals surface area contributed by atoms with Crippen molar-refractivity contribution in [3.8, 4) is 0 Å². The molecule has 0 bridgehead atoms. The first-order chi connectivity index (χ1) is 12.1. The highest BCUT2D eigenvalue weighted by atomic mass is 16.4. The molecule has 1 aliphatic heterocycles. The molecule has 0 aromatic heterocycles. The highest BCUT2D eigenvalue weighted by Crippen LogP contribution is 2.28. The minimum absolute atomic E-state index is 0.0171. The van der Waals surface area contributed by atoms with Crippen LogP contribution < -0.4 is 10.2 Å². The average molecular weight is 345 g/mol. The number of amides is 1. The van der Waals surface area contributed by atoms with Gasteiger partial charge in [0.2, 0.25) is 5.91 Å². The number of anilines is 2. The number of hydrogen-bond donors (Lipinski definition) is 2. The molecule has 1 amide bonds. The molecule has 0 spiro atoms. The van der Waals surface area contributed by atoms with Gasteiger partial charge in [-0.15, -0.1) is 0 Å². The lowest BCUT2D eigenvalue weighted by atomic mass is 10.1. The first kappa shape index (κ1) is 17.7. The fraction of sp³-hybridized carbons (Fsp3) is 0.579. The van der Waals surface area contributed by atoms with Gasteiger partial charge in [0, 0.05) is 37.8 Å². The third-order valence-corrected chi connectivity index (χ3v) is 5.40. The minimum atomic E-state index is -1.00. The highest BCUT2D eigenvalue weighted by molar-refractivity contribution is 6.02. The zero-order valence-corrected chi connectivity index (χ0v) is 14.8. The summed E-state index contributed by atoms with van der Waals surface area (Å²) in [5.41, 5.74) is 1.48. The Morgan fingerprint density at radius 2 is 1.84 bits per heavy atom. The molecule has 1 aromatic rings. The molecule has 25 heavy (non-hydrogen) atoms. The maximum Gasteiger partial charge on any atom is 0.337 e. The lowest BCUT2D eigenvalue weighted by Gasteiger charge is -2.35. The van der Waals surface area contributed by atoms with E-state index in [4.69, 9.17) is 0 Å². The molecule has 6 heteroatoms. The van der Waals surface area contributed by atoms with Crippen LogP contribution in [-0.2, 0) is 4.79 Å². The fourth-order valence-corrected chi connectivity index (χ4v) is 3.76. The predicted octanol–water partition coefficient (Wildman–Crippen LogP) is 2.66. The van der Waals surface area contributed by atoms with Gasteiger partial charge < -0.3 is 20.2 Å².